The Bertz CT molecular complexity index is 727. The molecule has 1 N–H and O–H groups in total. The monoisotopic (exact) mass is 307 g/mol. The molecule has 0 aliphatic carbocycles. The molecule has 0 atom stereocenters. The van der Waals surface area contributed by atoms with E-state index in [4.69, 9.17) is 4.42 Å². The molecule has 0 bridgehead atoms. The Hall–Kier alpha value is -3.08. The zero-order chi connectivity index (χ0) is 15.9. The van der Waals surface area contributed by atoms with Crippen molar-refractivity contribution in [3.63, 3.8) is 0 Å². The van der Waals surface area contributed by atoms with E-state index < -0.39 is 0 Å². The predicted octanol–water partition coefficient (Wildman–Crippen LogP) is 3.91. The summed E-state index contributed by atoms with van der Waals surface area (Å²) in [6.45, 7) is 0.891. The summed E-state index contributed by atoms with van der Waals surface area (Å²) in [5.74, 6) is 0.738. The Labute approximate surface area is 134 Å². The third-order valence-corrected chi connectivity index (χ3v) is 3.34. The molecule has 116 valence electrons. The quantitative estimate of drug-likeness (QED) is 0.777. The summed E-state index contributed by atoms with van der Waals surface area (Å²) in [4.78, 5) is 18.3. The zero-order valence-corrected chi connectivity index (χ0v) is 12.6. The van der Waals surface area contributed by atoms with Crippen LogP contribution in [-0.4, -0.2) is 15.9 Å². The number of pyridine rings is 1. The Balaban J connectivity index is 1.75. The number of rotatable bonds is 5. The molecule has 0 spiro atoms. The number of nitrogens with zero attached hydrogens (tertiary/aromatic N) is 2. The summed E-state index contributed by atoms with van der Waals surface area (Å²) >= 11 is 0. The number of benzene rings is 1. The molecule has 5 heteroatoms. The van der Waals surface area contributed by atoms with Gasteiger partial charge in [0.2, 0.25) is 0 Å². The third-order valence-electron chi connectivity index (χ3n) is 3.34. The van der Waals surface area contributed by atoms with Crippen LogP contribution in [0.2, 0.25) is 0 Å². The maximum Gasteiger partial charge on any atom is 0.322 e. The van der Waals surface area contributed by atoms with Crippen LogP contribution in [0.15, 0.2) is 77.7 Å². The molecule has 23 heavy (non-hydrogen) atoms. The summed E-state index contributed by atoms with van der Waals surface area (Å²) in [6, 6.07) is 16.9. The molecule has 5 nitrogen and oxygen atoms in total. The Morgan fingerprint density at radius 1 is 1.04 bits per heavy atom. The van der Waals surface area contributed by atoms with Gasteiger partial charge in [0, 0.05) is 12.7 Å². The lowest BCUT2D eigenvalue weighted by atomic mass is 10.2. The molecule has 0 radical (unpaired) electrons. The molecule has 0 unspecified atom stereocenters. The molecule has 0 aliphatic rings. The van der Waals surface area contributed by atoms with Crippen molar-refractivity contribution in [1.29, 1.82) is 0 Å². The smallest absolute Gasteiger partial charge is 0.322 e. The van der Waals surface area contributed by atoms with Crippen LogP contribution in [-0.2, 0) is 13.1 Å². The summed E-state index contributed by atoms with van der Waals surface area (Å²) in [6.07, 6.45) is 4.89. The third kappa shape index (κ3) is 4.20. The molecule has 0 saturated heterocycles. The van der Waals surface area contributed by atoms with E-state index in [-0.39, 0.29) is 6.03 Å². The highest BCUT2D eigenvalue weighted by Gasteiger charge is 2.16. The normalized spacial score (nSPS) is 10.3. The summed E-state index contributed by atoms with van der Waals surface area (Å²) in [5.41, 5.74) is 1.72. The summed E-state index contributed by atoms with van der Waals surface area (Å²) < 4.78 is 5.37. The Kier molecular flexibility index (Phi) is 4.69. The topological polar surface area (TPSA) is 58.4 Å². The van der Waals surface area contributed by atoms with E-state index in [9.17, 15) is 4.79 Å². The fourth-order valence-electron chi connectivity index (χ4n) is 2.23. The van der Waals surface area contributed by atoms with Gasteiger partial charge in [-0.2, -0.15) is 0 Å². The van der Waals surface area contributed by atoms with Gasteiger partial charge >= 0.3 is 6.03 Å². The number of nitrogens with one attached hydrogen (secondary N) is 1. The fraction of sp³-hybridized carbons (Fsp3) is 0.111. The highest BCUT2D eigenvalue weighted by atomic mass is 16.3. The lowest BCUT2D eigenvalue weighted by molar-refractivity contribution is 0.201. The van der Waals surface area contributed by atoms with Crippen LogP contribution in [0.1, 0.15) is 11.3 Å². The van der Waals surface area contributed by atoms with Crippen LogP contribution >= 0.6 is 0 Å². The van der Waals surface area contributed by atoms with Crippen LogP contribution < -0.4 is 5.32 Å². The first-order chi connectivity index (χ1) is 11.3. The average Bonchev–Trinajstić information content (AvgIpc) is 3.09. The molecule has 0 fully saturated rings. The highest BCUT2D eigenvalue weighted by molar-refractivity contribution is 5.89. The predicted molar refractivity (Wildman–Crippen MR) is 87.7 cm³/mol. The minimum Gasteiger partial charge on any atom is -0.467 e. The van der Waals surface area contributed by atoms with Crippen molar-refractivity contribution >= 4 is 11.7 Å². The van der Waals surface area contributed by atoms with Crippen LogP contribution in [0.3, 0.4) is 0 Å². The van der Waals surface area contributed by atoms with Gasteiger partial charge < -0.3 is 14.6 Å². The van der Waals surface area contributed by atoms with Gasteiger partial charge in [0.15, 0.2) is 0 Å². The van der Waals surface area contributed by atoms with E-state index in [0.29, 0.717) is 18.8 Å². The van der Waals surface area contributed by atoms with Crippen LogP contribution in [0.4, 0.5) is 10.5 Å². The van der Waals surface area contributed by atoms with Gasteiger partial charge in [0.25, 0.3) is 0 Å². The minimum absolute atomic E-state index is 0.196. The molecule has 0 saturated carbocycles. The number of amides is 2. The molecule has 3 rings (SSSR count). The average molecular weight is 307 g/mol. The van der Waals surface area contributed by atoms with Gasteiger partial charge in [-0.25, -0.2) is 4.79 Å². The number of carbonyl (C=O) groups excluding carboxylic acids is 1. The largest absolute Gasteiger partial charge is 0.467 e. The molecule has 2 heterocycles. The molecule has 1 aromatic carbocycles. The van der Waals surface area contributed by atoms with Crippen molar-refractivity contribution in [3.05, 3.63) is 84.6 Å². The maximum absolute atomic E-state index is 12.6. The number of aromatic nitrogens is 1. The lowest BCUT2D eigenvalue weighted by Crippen LogP contribution is -2.34. The SMILES string of the molecule is O=C(Nc1cccnc1)N(Cc1ccccc1)Cc1ccco1. The van der Waals surface area contributed by atoms with Crippen molar-refractivity contribution in [2.24, 2.45) is 0 Å². The van der Waals surface area contributed by atoms with Gasteiger partial charge in [0.1, 0.15) is 5.76 Å². The number of furan rings is 1. The van der Waals surface area contributed by atoms with E-state index in [2.05, 4.69) is 10.3 Å². The lowest BCUT2D eigenvalue weighted by Gasteiger charge is -2.22. The van der Waals surface area contributed by atoms with Gasteiger partial charge in [-0.05, 0) is 29.8 Å². The first-order valence-corrected chi connectivity index (χ1v) is 7.33. The van der Waals surface area contributed by atoms with Crippen LogP contribution in [0, 0.1) is 0 Å². The van der Waals surface area contributed by atoms with E-state index >= 15 is 0 Å². The second kappa shape index (κ2) is 7.26. The van der Waals surface area contributed by atoms with Crippen LogP contribution in [0.5, 0.6) is 0 Å². The molecule has 2 aromatic heterocycles. The van der Waals surface area contributed by atoms with Crippen molar-refractivity contribution in [2.75, 3.05) is 5.32 Å². The molecule has 0 aliphatic heterocycles. The van der Waals surface area contributed by atoms with Crippen molar-refractivity contribution in [3.8, 4) is 0 Å². The van der Waals surface area contributed by atoms with E-state index in [1.165, 1.54) is 0 Å². The maximum atomic E-state index is 12.6. The number of carbonyl (C=O) groups is 1. The number of anilines is 1. The molecular formula is C18H17N3O2. The Morgan fingerprint density at radius 3 is 2.61 bits per heavy atom. The van der Waals surface area contributed by atoms with Gasteiger partial charge in [-0.15, -0.1) is 0 Å². The van der Waals surface area contributed by atoms with Gasteiger partial charge in [0.05, 0.1) is 24.7 Å². The molecular weight excluding hydrogens is 290 g/mol. The van der Waals surface area contributed by atoms with E-state index in [1.807, 2.05) is 42.5 Å². The molecule has 3 aromatic rings. The second-order valence-electron chi connectivity index (χ2n) is 5.09. The minimum atomic E-state index is -0.196. The standard InChI is InChI=1S/C18H17N3O2/c22-18(20-16-8-4-10-19-12-16)21(14-17-9-5-11-23-17)13-15-6-2-1-3-7-15/h1-12H,13-14H2,(H,20,22). The van der Waals surface area contributed by atoms with Crippen molar-refractivity contribution < 1.29 is 9.21 Å². The first-order valence-electron chi connectivity index (χ1n) is 7.33. The van der Waals surface area contributed by atoms with E-state index in [1.54, 1.807) is 35.7 Å². The van der Waals surface area contributed by atoms with Crippen LogP contribution in [0.25, 0.3) is 0 Å². The Morgan fingerprint density at radius 2 is 1.91 bits per heavy atom. The van der Waals surface area contributed by atoms with Crippen molar-refractivity contribution in [1.82, 2.24) is 9.88 Å². The highest BCUT2D eigenvalue weighted by Crippen LogP contribution is 2.13. The summed E-state index contributed by atoms with van der Waals surface area (Å²) in [7, 11) is 0. The zero-order valence-electron chi connectivity index (χ0n) is 12.6. The number of urea groups is 1. The number of hydrogen-bond donors (Lipinski definition) is 1. The van der Waals surface area contributed by atoms with E-state index in [0.717, 1.165) is 11.3 Å². The van der Waals surface area contributed by atoms with Gasteiger partial charge in [-0.3, -0.25) is 4.98 Å². The van der Waals surface area contributed by atoms with Crippen molar-refractivity contribution in [2.45, 2.75) is 13.1 Å². The second-order valence-corrected chi connectivity index (χ2v) is 5.09. The summed E-state index contributed by atoms with van der Waals surface area (Å²) in [5, 5.41) is 2.86. The first kappa shape index (κ1) is 14.8. The number of hydrogen-bond acceptors (Lipinski definition) is 3. The van der Waals surface area contributed by atoms with Gasteiger partial charge in [-0.1, -0.05) is 30.3 Å². The fourth-order valence-corrected chi connectivity index (χ4v) is 2.23. The molecule has 2 amide bonds.